The van der Waals surface area contributed by atoms with Crippen molar-refractivity contribution in [1.29, 1.82) is 0 Å². The first-order chi connectivity index (χ1) is 22.8. The first kappa shape index (κ1) is 34.0. The van der Waals surface area contributed by atoms with Crippen LogP contribution in [0.2, 0.25) is 0 Å². The summed E-state index contributed by atoms with van der Waals surface area (Å²) in [5, 5.41) is 24.9. The molecule has 0 unspecified atom stereocenters. The van der Waals surface area contributed by atoms with Gasteiger partial charge in [-0.15, -0.1) is 11.3 Å². The zero-order valence-electron chi connectivity index (χ0n) is 27.3. The summed E-state index contributed by atoms with van der Waals surface area (Å²) in [7, 11) is 0. The molecule has 254 valence electrons. The number of H-pyrrole nitrogens is 1. The van der Waals surface area contributed by atoms with Crippen LogP contribution < -0.4 is 10.2 Å². The number of morpholine rings is 1. The molecule has 0 bridgehead atoms. The summed E-state index contributed by atoms with van der Waals surface area (Å²) in [6.45, 7) is 8.35. The van der Waals surface area contributed by atoms with E-state index in [1.54, 1.807) is 17.4 Å². The van der Waals surface area contributed by atoms with Gasteiger partial charge >= 0.3 is 4.87 Å². The van der Waals surface area contributed by atoms with E-state index in [1.807, 2.05) is 30.0 Å². The minimum Gasteiger partial charge on any atom is -0.506 e. The number of aromatic nitrogens is 2. The third kappa shape index (κ3) is 8.41. The van der Waals surface area contributed by atoms with Crippen LogP contribution in [0.5, 0.6) is 5.75 Å². The van der Waals surface area contributed by atoms with Crippen LogP contribution in [0.4, 0.5) is 0 Å². The molecule has 4 heterocycles. The van der Waals surface area contributed by atoms with Crippen molar-refractivity contribution < 1.29 is 19.7 Å². The number of carbonyl (C=O) groups is 1. The summed E-state index contributed by atoms with van der Waals surface area (Å²) < 4.78 is 8.07. The van der Waals surface area contributed by atoms with Crippen molar-refractivity contribution in [2.24, 2.45) is 0 Å². The third-order valence-electron chi connectivity index (χ3n) is 9.66. The Morgan fingerprint density at radius 3 is 2.64 bits per heavy atom. The second-order valence-electron chi connectivity index (χ2n) is 13.1. The van der Waals surface area contributed by atoms with E-state index in [1.165, 1.54) is 44.6 Å². The molecule has 4 N–H and O–H groups in total. The number of likely N-dealkylation sites (tertiary alicyclic amines) is 1. The molecule has 2 aromatic carbocycles. The van der Waals surface area contributed by atoms with Crippen molar-refractivity contribution in [2.45, 2.75) is 76.4 Å². The molecule has 1 spiro atoms. The van der Waals surface area contributed by atoms with Crippen LogP contribution in [-0.2, 0) is 4.74 Å². The highest BCUT2D eigenvalue weighted by atomic mass is 32.1. The fraction of sp³-hybridized carbons (Fsp3) is 0.571. The molecule has 2 aromatic heterocycles. The van der Waals surface area contributed by atoms with Gasteiger partial charge in [-0.3, -0.25) is 9.59 Å². The Hall–Kier alpha value is -2.87. The number of thiazole rings is 2. The number of fused-ring (bicyclic) bond motifs is 2. The number of unbranched alkanes of at least 4 members (excludes halogenated alkanes) is 6. The molecule has 4 aromatic rings. The van der Waals surface area contributed by atoms with Crippen LogP contribution in [0.25, 0.3) is 20.4 Å². The molecular weight excluding hydrogens is 635 g/mol. The Morgan fingerprint density at radius 2 is 1.83 bits per heavy atom. The van der Waals surface area contributed by atoms with Crippen LogP contribution in [0.15, 0.2) is 35.1 Å². The second kappa shape index (κ2) is 15.6. The average molecular weight is 682 g/mol. The van der Waals surface area contributed by atoms with Crippen molar-refractivity contribution in [1.82, 2.24) is 25.1 Å². The Kier molecular flexibility index (Phi) is 11.3. The summed E-state index contributed by atoms with van der Waals surface area (Å²) in [6.07, 6.45) is 9.63. The number of aromatic amines is 1. The van der Waals surface area contributed by atoms with Crippen molar-refractivity contribution in [3.05, 3.63) is 56.1 Å². The number of benzene rings is 2. The van der Waals surface area contributed by atoms with Crippen molar-refractivity contribution in [2.75, 3.05) is 52.4 Å². The minimum absolute atomic E-state index is 0.0241. The van der Waals surface area contributed by atoms with E-state index in [0.29, 0.717) is 42.0 Å². The number of aryl methyl sites for hydroxylation is 1. The lowest BCUT2D eigenvalue weighted by Gasteiger charge is -2.47. The SMILES string of the molecule is Cc1nc2cc(C(=O)N3CCOC4(CCN(CCCCCCCCCNC[C@H](O)c5ccc(O)c6[nH]c(=O)sc56)CC4)C3)ccc2s1. The Bertz CT molecular complexity index is 1710. The Morgan fingerprint density at radius 1 is 1.06 bits per heavy atom. The zero-order chi connectivity index (χ0) is 32.8. The molecule has 1 amide bonds. The number of rotatable bonds is 14. The number of carbonyl (C=O) groups excluding carboxylic acids is 1. The maximum Gasteiger partial charge on any atom is 0.305 e. The van der Waals surface area contributed by atoms with E-state index >= 15 is 0 Å². The fourth-order valence-corrected chi connectivity index (χ4v) is 8.71. The molecule has 12 heteroatoms. The van der Waals surface area contributed by atoms with Gasteiger partial charge in [0.05, 0.1) is 44.8 Å². The van der Waals surface area contributed by atoms with E-state index in [-0.39, 0.29) is 22.1 Å². The Balaban J connectivity index is 0.809. The smallest absolute Gasteiger partial charge is 0.305 e. The summed E-state index contributed by atoms with van der Waals surface area (Å²) in [6, 6.07) is 9.09. The van der Waals surface area contributed by atoms with Gasteiger partial charge in [-0.1, -0.05) is 49.5 Å². The summed E-state index contributed by atoms with van der Waals surface area (Å²) >= 11 is 2.67. The quantitative estimate of drug-likeness (QED) is 0.127. The van der Waals surface area contributed by atoms with Gasteiger partial charge in [0.1, 0.15) is 11.3 Å². The lowest BCUT2D eigenvalue weighted by Crippen LogP contribution is -2.58. The minimum atomic E-state index is -0.732. The number of piperidine rings is 1. The Labute approximate surface area is 283 Å². The summed E-state index contributed by atoms with van der Waals surface area (Å²) in [5.74, 6) is 0.110. The van der Waals surface area contributed by atoms with E-state index < -0.39 is 6.10 Å². The maximum atomic E-state index is 13.4. The van der Waals surface area contributed by atoms with Gasteiger partial charge in [0.25, 0.3) is 5.91 Å². The first-order valence-electron chi connectivity index (χ1n) is 17.1. The summed E-state index contributed by atoms with van der Waals surface area (Å²) in [5.41, 5.74) is 2.46. The molecule has 6 rings (SSSR count). The van der Waals surface area contributed by atoms with Gasteiger partial charge in [0, 0.05) is 37.3 Å². The van der Waals surface area contributed by atoms with E-state index in [0.717, 1.165) is 77.6 Å². The number of ether oxygens (including phenoxy) is 1. The molecule has 0 saturated carbocycles. The highest BCUT2D eigenvalue weighted by Gasteiger charge is 2.41. The van der Waals surface area contributed by atoms with Gasteiger partial charge < -0.3 is 35.1 Å². The van der Waals surface area contributed by atoms with Gasteiger partial charge in [0.2, 0.25) is 0 Å². The number of hydrogen-bond donors (Lipinski definition) is 4. The highest BCUT2D eigenvalue weighted by molar-refractivity contribution is 7.18. The standard InChI is InChI=1S/C35H47N5O5S2/c1-24-37-27-21-25(9-12-30(27)46-24)33(43)40-19-20-45-35(23-40)13-17-39(18-14-35)16-8-6-4-2-3-5-7-15-36-22-29(42)26-10-11-28(41)31-32(26)47-34(44)38-31/h9-12,21,29,36,41-42H,2-8,13-20,22-23H2,1H3,(H,38,44)/t29-/m0/s1. The van der Waals surface area contributed by atoms with Crippen LogP contribution >= 0.6 is 22.7 Å². The molecule has 2 aliphatic rings. The number of amides is 1. The van der Waals surface area contributed by atoms with Crippen LogP contribution in [-0.4, -0.2) is 93.9 Å². The van der Waals surface area contributed by atoms with E-state index in [9.17, 15) is 19.8 Å². The molecule has 0 radical (unpaired) electrons. The zero-order valence-corrected chi connectivity index (χ0v) is 28.9. The average Bonchev–Trinajstić information content (AvgIpc) is 3.65. The number of phenols is 1. The predicted octanol–water partition coefficient (Wildman–Crippen LogP) is 5.57. The largest absolute Gasteiger partial charge is 0.506 e. The van der Waals surface area contributed by atoms with Gasteiger partial charge in [-0.05, 0) is 70.0 Å². The second-order valence-corrected chi connectivity index (χ2v) is 15.3. The van der Waals surface area contributed by atoms with Crippen LogP contribution in [0.1, 0.15) is 84.8 Å². The third-order valence-corrected chi connectivity index (χ3v) is 11.5. The number of aliphatic hydroxyl groups is 1. The molecular formula is C35H47N5O5S2. The lowest BCUT2D eigenvalue weighted by atomic mass is 9.89. The molecule has 1 atom stereocenters. The van der Waals surface area contributed by atoms with Gasteiger partial charge in [-0.25, -0.2) is 4.98 Å². The number of nitrogens with one attached hydrogen (secondary N) is 2. The van der Waals surface area contributed by atoms with Gasteiger partial charge in [0.15, 0.2) is 0 Å². The number of hydrogen-bond acceptors (Lipinski definition) is 10. The fourth-order valence-electron chi connectivity index (χ4n) is 6.98. The monoisotopic (exact) mass is 681 g/mol. The van der Waals surface area contributed by atoms with Crippen molar-refractivity contribution in [3.8, 4) is 5.75 Å². The van der Waals surface area contributed by atoms with E-state index in [4.69, 9.17) is 4.74 Å². The lowest BCUT2D eigenvalue weighted by molar-refractivity contribution is -0.127. The number of aliphatic hydroxyl groups excluding tert-OH is 1. The first-order valence-corrected chi connectivity index (χ1v) is 18.7. The number of nitrogens with zero attached hydrogens (tertiary/aromatic N) is 3. The van der Waals surface area contributed by atoms with Crippen molar-refractivity contribution >= 4 is 49.0 Å². The molecule has 2 aliphatic heterocycles. The maximum absolute atomic E-state index is 13.4. The predicted molar refractivity (Wildman–Crippen MR) is 189 cm³/mol. The van der Waals surface area contributed by atoms with E-state index in [2.05, 4.69) is 20.2 Å². The number of phenolic OH excluding ortho intramolecular Hbond substituents is 1. The van der Waals surface area contributed by atoms with Gasteiger partial charge in [-0.2, -0.15) is 0 Å². The number of aromatic hydroxyl groups is 1. The molecule has 0 aliphatic carbocycles. The normalized spacial score (nSPS) is 17.6. The topological polar surface area (TPSA) is 131 Å². The molecule has 47 heavy (non-hydrogen) atoms. The summed E-state index contributed by atoms with van der Waals surface area (Å²) in [4.78, 5) is 36.6. The van der Waals surface area contributed by atoms with Crippen LogP contribution in [0.3, 0.4) is 0 Å². The molecule has 2 saturated heterocycles. The molecule has 2 fully saturated rings. The van der Waals surface area contributed by atoms with Crippen LogP contribution in [0, 0.1) is 6.92 Å². The highest BCUT2D eigenvalue weighted by Crippen LogP contribution is 2.33. The van der Waals surface area contributed by atoms with Crippen molar-refractivity contribution in [3.63, 3.8) is 0 Å². The molecule has 10 nitrogen and oxygen atoms in total.